The van der Waals surface area contributed by atoms with Crippen LogP contribution in [0.4, 0.5) is 5.69 Å². The van der Waals surface area contributed by atoms with E-state index < -0.39 is 0 Å². The minimum atomic E-state index is 0.572. The normalized spacial score (nSPS) is 18.6. The van der Waals surface area contributed by atoms with E-state index in [1.165, 1.54) is 43.4 Å². The Morgan fingerprint density at radius 2 is 2.06 bits per heavy atom. The van der Waals surface area contributed by atoms with E-state index in [1.54, 1.807) is 7.11 Å². The van der Waals surface area contributed by atoms with Crippen molar-refractivity contribution in [1.82, 2.24) is 0 Å². The second-order valence-electron chi connectivity index (χ2n) is 5.46. The van der Waals surface area contributed by atoms with Crippen LogP contribution in [0.3, 0.4) is 0 Å². The number of nitrogens with one attached hydrogen (secondary N) is 1. The summed E-state index contributed by atoms with van der Waals surface area (Å²) >= 11 is 0. The number of benzene rings is 1. The van der Waals surface area contributed by atoms with E-state index in [4.69, 9.17) is 4.74 Å². The van der Waals surface area contributed by atoms with E-state index in [1.807, 2.05) is 0 Å². The Bertz CT molecular complexity index is 358. The predicted octanol–water partition coefficient (Wildman–Crippen LogP) is 4.21. The molecule has 1 saturated carbocycles. The van der Waals surface area contributed by atoms with Crippen molar-refractivity contribution in [2.45, 2.75) is 51.7 Å². The third kappa shape index (κ3) is 3.74. The average molecular weight is 247 g/mol. The first-order chi connectivity index (χ1) is 8.79. The van der Waals surface area contributed by atoms with Crippen LogP contribution in [0.15, 0.2) is 24.3 Å². The number of ether oxygens (including phenoxy) is 1. The number of rotatable bonds is 5. The molecule has 0 radical (unpaired) electrons. The van der Waals surface area contributed by atoms with Gasteiger partial charge in [0.05, 0.1) is 6.61 Å². The second-order valence-corrected chi connectivity index (χ2v) is 5.46. The Kier molecular flexibility index (Phi) is 5.06. The summed E-state index contributed by atoms with van der Waals surface area (Å²) in [6.45, 7) is 3.01. The molecule has 0 bridgehead atoms. The van der Waals surface area contributed by atoms with Crippen LogP contribution < -0.4 is 5.32 Å². The highest BCUT2D eigenvalue weighted by Crippen LogP contribution is 2.28. The van der Waals surface area contributed by atoms with Gasteiger partial charge in [-0.15, -0.1) is 0 Å². The molecule has 2 rings (SSSR count). The lowest BCUT2D eigenvalue weighted by Gasteiger charge is -2.29. The lowest BCUT2D eigenvalue weighted by molar-refractivity contribution is 0.185. The molecule has 0 spiro atoms. The van der Waals surface area contributed by atoms with Crippen molar-refractivity contribution in [3.8, 4) is 0 Å². The zero-order valence-electron chi connectivity index (χ0n) is 11.6. The van der Waals surface area contributed by atoms with E-state index in [9.17, 15) is 0 Å². The highest BCUT2D eigenvalue weighted by Gasteiger charge is 2.19. The van der Waals surface area contributed by atoms with Gasteiger partial charge in [-0.25, -0.2) is 0 Å². The molecule has 1 aliphatic carbocycles. The molecule has 1 unspecified atom stereocenters. The van der Waals surface area contributed by atoms with Gasteiger partial charge < -0.3 is 10.1 Å². The molecular formula is C16H25NO. The molecule has 1 aromatic carbocycles. The molecule has 0 saturated heterocycles. The zero-order valence-corrected chi connectivity index (χ0v) is 11.6. The van der Waals surface area contributed by atoms with Crippen LogP contribution in [0.2, 0.25) is 0 Å². The molecule has 1 atom stereocenters. The summed E-state index contributed by atoms with van der Waals surface area (Å²) in [6.07, 6.45) is 6.99. The first-order valence-electron chi connectivity index (χ1n) is 7.14. The number of methoxy groups -OCH3 is 1. The molecule has 2 nitrogen and oxygen atoms in total. The first-order valence-corrected chi connectivity index (χ1v) is 7.14. The number of anilines is 1. The molecule has 0 aromatic heterocycles. The van der Waals surface area contributed by atoms with Crippen molar-refractivity contribution in [2.24, 2.45) is 5.92 Å². The first kappa shape index (κ1) is 13.4. The van der Waals surface area contributed by atoms with Crippen LogP contribution in [0.25, 0.3) is 0 Å². The molecule has 0 aliphatic heterocycles. The largest absolute Gasteiger partial charge is 0.382 e. The van der Waals surface area contributed by atoms with E-state index in [0.717, 1.165) is 5.92 Å². The van der Waals surface area contributed by atoms with Gasteiger partial charge in [-0.3, -0.25) is 0 Å². The minimum absolute atomic E-state index is 0.572. The van der Waals surface area contributed by atoms with Gasteiger partial charge in [-0.1, -0.05) is 31.4 Å². The lowest BCUT2D eigenvalue weighted by Crippen LogP contribution is -2.27. The van der Waals surface area contributed by atoms with Crippen molar-refractivity contribution in [3.05, 3.63) is 29.8 Å². The minimum Gasteiger partial charge on any atom is -0.382 e. The Balaban J connectivity index is 1.93. The molecule has 1 aliphatic rings. The quantitative estimate of drug-likeness (QED) is 0.841. The van der Waals surface area contributed by atoms with Gasteiger partial charge >= 0.3 is 0 Å². The summed E-state index contributed by atoms with van der Waals surface area (Å²) in [7, 11) is 1.74. The molecule has 1 fully saturated rings. The smallest absolute Gasteiger partial charge is 0.0713 e. The van der Waals surface area contributed by atoms with E-state index in [2.05, 4.69) is 36.5 Å². The van der Waals surface area contributed by atoms with Crippen molar-refractivity contribution in [1.29, 1.82) is 0 Å². The SMILES string of the molecule is COCc1cccc(NC(C)C2CCCCC2)c1. The summed E-state index contributed by atoms with van der Waals surface area (Å²) in [5.74, 6) is 0.838. The van der Waals surface area contributed by atoms with Crippen LogP contribution in [0.5, 0.6) is 0 Å². The topological polar surface area (TPSA) is 21.3 Å². The molecule has 1 N–H and O–H groups in total. The average Bonchev–Trinajstić information content (AvgIpc) is 2.40. The van der Waals surface area contributed by atoms with Crippen LogP contribution in [-0.4, -0.2) is 13.2 Å². The van der Waals surface area contributed by atoms with Crippen LogP contribution >= 0.6 is 0 Å². The number of hydrogen-bond donors (Lipinski definition) is 1. The van der Waals surface area contributed by atoms with Gasteiger partial charge in [0.1, 0.15) is 0 Å². The molecule has 0 amide bonds. The van der Waals surface area contributed by atoms with Crippen molar-refractivity contribution < 1.29 is 4.74 Å². The van der Waals surface area contributed by atoms with E-state index in [-0.39, 0.29) is 0 Å². The van der Waals surface area contributed by atoms with Gasteiger partial charge in [-0.05, 0) is 43.4 Å². The van der Waals surface area contributed by atoms with Crippen LogP contribution in [0.1, 0.15) is 44.6 Å². The third-order valence-corrected chi connectivity index (χ3v) is 3.99. The van der Waals surface area contributed by atoms with Gasteiger partial charge in [0, 0.05) is 18.8 Å². The van der Waals surface area contributed by atoms with Crippen LogP contribution in [0, 0.1) is 5.92 Å². The molecule has 1 aromatic rings. The van der Waals surface area contributed by atoms with Gasteiger partial charge in [0.2, 0.25) is 0 Å². The fraction of sp³-hybridized carbons (Fsp3) is 0.625. The van der Waals surface area contributed by atoms with E-state index >= 15 is 0 Å². The monoisotopic (exact) mass is 247 g/mol. The van der Waals surface area contributed by atoms with Crippen molar-refractivity contribution in [2.75, 3.05) is 12.4 Å². The molecule has 2 heteroatoms. The zero-order chi connectivity index (χ0) is 12.8. The van der Waals surface area contributed by atoms with E-state index in [0.29, 0.717) is 12.6 Å². The van der Waals surface area contributed by atoms with Gasteiger partial charge in [-0.2, -0.15) is 0 Å². The van der Waals surface area contributed by atoms with Gasteiger partial charge in [0.15, 0.2) is 0 Å². The summed E-state index contributed by atoms with van der Waals surface area (Å²) in [5.41, 5.74) is 2.46. The summed E-state index contributed by atoms with van der Waals surface area (Å²) in [5, 5.41) is 3.65. The summed E-state index contributed by atoms with van der Waals surface area (Å²) in [4.78, 5) is 0. The Labute approximate surface area is 111 Å². The van der Waals surface area contributed by atoms with Gasteiger partial charge in [0.25, 0.3) is 0 Å². The summed E-state index contributed by atoms with van der Waals surface area (Å²) < 4.78 is 5.18. The molecule has 0 heterocycles. The Morgan fingerprint density at radius 1 is 1.28 bits per heavy atom. The maximum atomic E-state index is 5.18. The predicted molar refractivity (Wildman–Crippen MR) is 76.8 cm³/mol. The fourth-order valence-corrected chi connectivity index (χ4v) is 2.93. The molecule has 18 heavy (non-hydrogen) atoms. The Hall–Kier alpha value is -1.02. The Morgan fingerprint density at radius 3 is 2.78 bits per heavy atom. The van der Waals surface area contributed by atoms with Crippen molar-refractivity contribution in [3.63, 3.8) is 0 Å². The van der Waals surface area contributed by atoms with Crippen LogP contribution in [-0.2, 0) is 11.3 Å². The lowest BCUT2D eigenvalue weighted by atomic mass is 9.84. The highest BCUT2D eigenvalue weighted by atomic mass is 16.5. The maximum Gasteiger partial charge on any atom is 0.0713 e. The second kappa shape index (κ2) is 6.79. The standard InChI is InChI=1S/C16H25NO/c1-13(15-8-4-3-5-9-15)17-16-10-6-7-14(11-16)12-18-2/h6-7,10-11,13,15,17H,3-5,8-9,12H2,1-2H3. The fourth-order valence-electron chi connectivity index (χ4n) is 2.93. The maximum absolute atomic E-state index is 5.18. The number of hydrogen-bond acceptors (Lipinski definition) is 2. The van der Waals surface area contributed by atoms with Crippen molar-refractivity contribution >= 4 is 5.69 Å². The highest BCUT2D eigenvalue weighted by molar-refractivity contribution is 5.46. The molecular weight excluding hydrogens is 222 g/mol. The third-order valence-electron chi connectivity index (χ3n) is 3.99. The summed E-state index contributed by atoms with van der Waals surface area (Å²) in [6, 6.07) is 9.13. The molecule has 100 valence electrons.